The first-order valence-corrected chi connectivity index (χ1v) is 12.6. The molecule has 3 aromatic carbocycles. The van der Waals surface area contributed by atoms with Gasteiger partial charge in [-0.05, 0) is 66.4 Å². The number of hydrogen-bond acceptors (Lipinski definition) is 5. The van der Waals surface area contributed by atoms with Crippen molar-refractivity contribution < 1.29 is 18.7 Å². The largest absolute Gasteiger partial charge is 0.462 e. The van der Waals surface area contributed by atoms with Crippen LogP contribution in [0.15, 0.2) is 80.4 Å². The Morgan fingerprint density at radius 1 is 1.03 bits per heavy atom. The fraction of sp³-hybridized carbons (Fsp3) is 0.207. The van der Waals surface area contributed by atoms with E-state index in [1.165, 1.54) is 0 Å². The number of ether oxygens (including phenoxy) is 1. The van der Waals surface area contributed by atoms with Gasteiger partial charge in [-0.15, -0.1) is 0 Å². The number of amides is 1. The van der Waals surface area contributed by atoms with Gasteiger partial charge in [0.15, 0.2) is 5.43 Å². The van der Waals surface area contributed by atoms with Crippen LogP contribution in [0.5, 0.6) is 0 Å². The third-order valence-corrected chi connectivity index (χ3v) is 6.90. The van der Waals surface area contributed by atoms with E-state index in [1.54, 1.807) is 54.3 Å². The Kier molecular flexibility index (Phi) is 6.26. The molecule has 0 bridgehead atoms. The third kappa shape index (κ3) is 4.03. The summed E-state index contributed by atoms with van der Waals surface area (Å²) in [4.78, 5) is 41.2. The Labute approximate surface area is 216 Å². The SMILES string of the molecule is CCOC(=O)c1ccc(N2C(=O)c3oc4ccc(Br)cc4c(=O)c3C2c2ccc(C(C)C)cc2)cc1. The molecule has 0 N–H and O–H groups in total. The lowest BCUT2D eigenvalue weighted by atomic mass is 9.95. The molecular formula is C29H24BrNO5. The van der Waals surface area contributed by atoms with Crippen LogP contribution in [-0.4, -0.2) is 18.5 Å². The van der Waals surface area contributed by atoms with Gasteiger partial charge in [0.1, 0.15) is 5.58 Å². The van der Waals surface area contributed by atoms with Crippen molar-refractivity contribution in [2.24, 2.45) is 0 Å². The van der Waals surface area contributed by atoms with Gasteiger partial charge in [-0.1, -0.05) is 54.0 Å². The number of esters is 1. The van der Waals surface area contributed by atoms with Gasteiger partial charge in [-0.3, -0.25) is 14.5 Å². The van der Waals surface area contributed by atoms with Crippen LogP contribution in [0, 0.1) is 0 Å². The van der Waals surface area contributed by atoms with Gasteiger partial charge >= 0.3 is 5.97 Å². The highest BCUT2D eigenvalue weighted by Gasteiger charge is 2.43. The minimum absolute atomic E-state index is 0.0298. The molecule has 0 aliphatic carbocycles. The molecule has 0 saturated heterocycles. The molecule has 4 aromatic rings. The lowest BCUT2D eigenvalue weighted by molar-refractivity contribution is 0.0526. The number of nitrogens with zero attached hydrogens (tertiary/aromatic N) is 1. The number of carbonyl (C=O) groups is 2. The summed E-state index contributed by atoms with van der Waals surface area (Å²) in [6.07, 6.45) is 0. The highest BCUT2D eigenvalue weighted by molar-refractivity contribution is 9.10. The molecule has 1 atom stereocenters. The molecular weight excluding hydrogens is 522 g/mol. The Balaban J connectivity index is 1.69. The van der Waals surface area contributed by atoms with E-state index in [1.807, 2.05) is 24.3 Å². The second kappa shape index (κ2) is 9.39. The average molecular weight is 546 g/mol. The molecule has 5 rings (SSSR count). The van der Waals surface area contributed by atoms with Crippen molar-refractivity contribution in [3.8, 4) is 0 Å². The van der Waals surface area contributed by atoms with E-state index >= 15 is 0 Å². The van der Waals surface area contributed by atoms with E-state index in [4.69, 9.17) is 9.15 Å². The van der Waals surface area contributed by atoms with Gasteiger partial charge in [0.05, 0.1) is 29.2 Å². The maximum Gasteiger partial charge on any atom is 0.338 e. The fourth-order valence-corrected chi connectivity index (χ4v) is 4.92. The second-order valence-electron chi connectivity index (χ2n) is 8.98. The van der Waals surface area contributed by atoms with Crippen molar-refractivity contribution in [1.29, 1.82) is 0 Å². The van der Waals surface area contributed by atoms with Crippen LogP contribution in [0.1, 0.15) is 70.3 Å². The minimum Gasteiger partial charge on any atom is -0.462 e. The predicted octanol–water partition coefficient (Wildman–Crippen LogP) is 6.61. The van der Waals surface area contributed by atoms with E-state index in [2.05, 4.69) is 29.8 Å². The summed E-state index contributed by atoms with van der Waals surface area (Å²) < 4.78 is 11.8. The van der Waals surface area contributed by atoms with Crippen molar-refractivity contribution in [1.82, 2.24) is 0 Å². The van der Waals surface area contributed by atoms with E-state index in [-0.39, 0.29) is 17.8 Å². The lowest BCUT2D eigenvalue weighted by Gasteiger charge is -2.25. The summed E-state index contributed by atoms with van der Waals surface area (Å²) in [6, 6.07) is 19.0. The summed E-state index contributed by atoms with van der Waals surface area (Å²) >= 11 is 3.42. The lowest BCUT2D eigenvalue weighted by Crippen LogP contribution is -2.29. The molecule has 1 aliphatic rings. The molecule has 6 nitrogen and oxygen atoms in total. The molecule has 0 spiro atoms. The normalized spacial score (nSPS) is 15.0. The van der Waals surface area contributed by atoms with Crippen LogP contribution < -0.4 is 10.3 Å². The number of carbonyl (C=O) groups excluding carboxylic acids is 2. The fourth-order valence-electron chi connectivity index (χ4n) is 4.56. The first-order valence-electron chi connectivity index (χ1n) is 11.8. The van der Waals surface area contributed by atoms with E-state index < -0.39 is 17.9 Å². The average Bonchev–Trinajstić information content (AvgIpc) is 3.17. The summed E-state index contributed by atoms with van der Waals surface area (Å²) in [5, 5.41) is 0.402. The van der Waals surface area contributed by atoms with Crippen LogP contribution in [0.3, 0.4) is 0 Å². The van der Waals surface area contributed by atoms with Crippen molar-refractivity contribution in [3.05, 3.63) is 109 Å². The maximum absolute atomic E-state index is 13.7. The number of halogens is 1. The van der Waals surface area contributed by atoms with Crippen molar-refractivity contribution >= 4 is 44.5 Å². The summed E-state index contributed by atoms with van der Waals surface area (Å²) in [6.45, 7) is 6.24. The first kappa shape index (κ1) is 24.0. The zero-order chi connectivity index (χ0) is 25.6. The monoisotopic (exact) mass is 545 g/mol. The van der Waals surface area contributed by atoms with E-state index in [0.717, 1.165) is 15.6 Å². The van der Waals surface area contributed by atoms with Crippen molar-refractivity contribution in [3.63, 3.8) is 0 Å². The zero-order valence-electron chi connectivity index (χ0n) is 20.1. The van der Waals surface area contributed by atoms with Crippen molar-refractivity contribution in [2.45, 2.75) is 32.7 Å². The molecule has 1 amide bonds. The highest BCUT2D eigenvalue weighted by atomic mass is 79.9. The summed E-state index contributed by atoms with van der Waals surface area (Å²) in [7, 11) is 0. The number of benzene rings is 3. The number of hydrogen-bond donors (Lipinski definition) is 0. The van der Waals surface area contributed by atoms with Gasteiger partial charge in [-0.2, -0.15) is 0 Å². The topological polar surface area (TPSA) is 76.8 Å². The minimum atomic E-state index is -0.679. The van der Waals surface area contributed by atoms with Gasteiger partial charge in [-0.25, -0.2) is 4.79 Å². The molecule has 7 heteroatoms. The zero-order valence-corrected chi connectivity index (χ0v) is 21.7. The smallest absolute Gasteiger partial charge is 0.338 e. The van der Waals surface area contributed by atoms with Crippen molar-refractivity contribution in [2.75, 3.05) is 11.5 Å². The Morgan fingerprint density at radius 3 is 2.36 bits per heavy atom. The first-order chi connectivity index (χ1) is 17.3. The second-order valence-corrected chi connectivity index (χ2v) is 9.90. The van der Waals surface area contributed by atoms with Crippen LogP contribution in [0.2, 0.25) is 0 Å². The molecule has 0 fully saturated rings. The van der Waals surface area contributed by atoms with Crippen LogP contribution in [-0.2, 0) is 4.74 Å². The Morgan fingerprint density at radius 2 is 1.72 bits per heavy atom. The molecule has 1 unspecified atom stereocenters. The molecule has 36 heavy (non-hydrogen) atoms. The maximum atomic E-state index is 13.7. The number of fused-ring (bicyclic) bond motifs is 2. The molecule has 182 valence electrons. The van der Waals surface area contributed by atoms with Gasteiger partial charge in [0.25, 0.3) is 5.91 Å². The highest BCUT2D eigenvalue weighted by Crippen LogP contribution is 2.41. The Bertz CT molecular complexity index is 1540. The third-order valence-electron chi connectivity index (χ3n) is 6.41. The van der Waals surface area contributed by atoms with Gasteiger partial charge < -0.3 is 9.15 Å². The Hall–Kier alpha value is -3.71. The summed E-state index contributed by atoms with van der Waals surface area (Å²) in [5.74, 6) is -0.472. The predicted molar refractivity (Wildman–Crippen MR) is 142 cm³/mol. The van der Waals surface area contributed by atoms with Crippen LogP contribution in [0.4, 0.5) is 5.69 Å². The van der Waals surface area contributed by atoms with Gasteiger partial charge in [0.2, 0.25) is 5.76 Å². The van der Waals surface area contributed by atoms with E-state index in [9.17, 15) is 14.4 Å². The molecule has 1 aromatic heterocycles. The standard InChI is InChI=1S/C29H24BrNO5/c1-4-35-29(34)19-9-12-21(13-10-19)31-25(18-7-5-17(6-8-18)16(2)3)24-26(32)22-15-20(30)11-14-23(22)36-27(24)28(31)33/h5-16,25H,4H2,1-3H3. The molecule has 2 heterocycles. The van der Waals surface area contributed by atoms with E-state index in [0.29, 0.717) is 33.7 Å². The molecule has 1 aliphatic heterocycles. The number of anilines is 1. The van der Waals surface area contributed by atoms with Gasteiger partial charge in [0, 0.05) is 10.2 Å². The van der Waals surface area contributed by atoms with Crippen LogP contribution in [0.25, 0.3) is 11.0 Å². The molecule has 0 saturated carbocycles. The molecule has 0 radical (unpaired) electrons. The summed E-state index contributed by atoms with van der Waals surface area (Å²) in [5.41, 5.74) is 3.28. The number of rotatable bonds is 5. The van der Waals surface area contributed by atoms with Crippen LogP contribution >= 0.6 is 15.9 Å². The quantitative estimate of drug-likeness (QED) is 0.264.